The minimum absolute atomic E-state index is 0.102. The average Bonchev–Trinajstić information content (AvgIpc) is 2.78. The Labute approximate surface area is 185 Å². The molecule has 166 valence electrons. The highest BCUT2D eigenvalue weighted by atomic mass is 16.7. The molecule has 10 heteroatoms. The van der Waals surface area contributed by atoms with E-state index in [-0.39, 0.29) is 11.6 Å². The molecule has 10 nitrogen and oxygen atoms in total. The number of nitrogens with one attached hydrogen (secondary N) is 2. The van der Waals surface area contributed by atoms with Crippen molar-refractivity contribution in [2.75, 3.05) is 14.2 Å². The first-order valence-electron chi connectivity index (χ1n) is 9.67. The number of nitriles is 1. The topological polar surface area (TPSA) is 131 Å². The molecular formula is C22H23N5O5. The fourth-order valence-electron chi connectivity index (χ4n) is 3.39. The van der Waals surface area contributed by atoms with Crippen LogP contribution < -0.4 is 15.4 Å². The molecule has 3 rings (SSSR count). The minimum atomic E-state index is -1.06. The van der Waals surface area contributed by atoms with Crippen LogP contribution in [-0.4, -0.2) is 37.0 Å². The third kappa shape index (κ3) is 5.03. The Balaban J connectivity index is 2.02. The van der Waals surface area contributed by atoms with Gasteiger partial charge in [0, 0.05) is 31.9 Å². The molecule has 0 bridgehead atoms. The Morgan fingerprint density at radius 2 is 2.00 bits per heavy atom. The number of aliphatic imine (C=N–C) groups is 1. The summed E-state index contributed by atoms with van der Waals surface area (Å²) >= 11 is 0. The Kier molecular flexibility index (Phi) is 7.04. The number of ether oxygens (including phenoxy) is 3. The number of nitro groups is 1. The van der Waals surface area contributed by atoms with Crippen LogP contribution in [0.1, 0.15) is 18.1 Å². The number of hydrogen-bond donors (Lipinski definition) is 2. The van der Waals surface area contributed by atoms with Gasteiger partial charge in [-0.3, -0.25) is 15.4 Å². The zero-order valence-electron chi connectivity index (χ0n) is 17.9. The van der Waals surface area contributed by atoms with Crippen LogP contribution in [0.15, 0.2) is 59.6 Å². The molecule has 1 aliphatic rings. The predicted molar refractivity (Wildman–Crippen MR) is 117 cm³/mol. The van der Waals surface area contributed by atoms with E-state index in [4.69, 9.17) is 14.2 Å². The number of guanidine groups is 1. The minimum Gasteiger partial charge on any atom is -0.477 e. The van der Waals surface area contributed by atoms with Gasteiger partial charge in [-0.25, -0.2) is 4.99 Å². The van der Waals surface area contributed by atoms with Gasteiger partial charge in [-0.1, -0.05) is 30.3 Å². The Hall–Kier alpha value is -3.94. The first-order chi connectivity index (χ1) is 15.4. The van der Waals surface area contributed by atoms with Crippen LogP contribution in [0, 0.1) is 21.6 Å². The van der Waals surface area contributed by atoms with Crippen LogP contribution in [0.5, 0.6) is 5.75 Å². The second kappa shape index (κ2) is 9.91. The molecule has 1 aliphatic heterocycles. The summed E-state index contributed by atoms with van der Waals surface area (Å²) in [6, 6.07) is 13.8. The van der Waals surface area contributed by atoms with Gasteiger partial charge in [0.2, 0.25) is 12.2 Å². The molecule has 2 N–H and O–H groups in total. The number of rotatable bonds is 7. The molecular weight excluding hydrogens is 414 g/mol. The number of methoxy groups -OCH3 is 2. The van der Waals surface area contributed by atoms with Gasteiger partial charge < -0.3 is 19.5 Å². The van der Waals surface area contributed by atoms with E-state index in [9.17, 15) is 15.4 Å². The van der Waals surface area contributed by atoms with Crippen molar-refractivity contribution in [1.82, 2.24) is 10.6 Å². The van der Waals surface area contributed by atoms with Crippen molar-refractivity contribution in [3.8, 4) is 11.9 Å². The molecule has 1 atom stereocenters. The summed E-state index contributed by atoms with van der Waals surface area (Å²) in [5.41, 5.74) is 0.675. The van der Waals surface area contributed by atoms with Gasteiger partial charge in [-0.15, -0.1) is 0 Å². The number of non-ortho nitro benzene ring substituents is 1. The van der Waals surface area contributed by atoms with Crippen molar-refractivity contribution in [3.63, 3.8) is 0 Å². The lowest BCUT2D eigenvalue weighted by atomic mass is 9.96. The van der Waals surface area contributed by atoms with E-state index in [1.165, 1.54) is 32.4 Å². The lowest BCUT2D eigenvalue weighted by Crippen LogP contribution is -2.48. The quantitative estimate of drug-likeness (QED) is 0.129. The maximum absolute atomic E-state index is 11.3. The smallest absolute Gasteiger partial charge is 0.270 e. The van der Waals surface area contributed by atoms with E-state index in [2.05, 4.69) is 15.6 Å². The average molecular weight is 437 g/mol. The van der Waals surface area contributed by atoms with E-state index in [1.54, 1.807) is 13.0 Å². The molecule has 0 radical (unpaired) electrons. The molecule has 2 aromatic rings. The highest BCUT2D eigenvalue weighted by Gasteiger charge is 2.40. The van der Waals surface area contributed by atoms with Crippen LogP contribution in [-0.2, 0) is 16.0 Å². The summed E-state index contributed by atoms with van der Waals surface area (Å²) in [6.07, 6.45) is 2.77. The van der Waals surface area contributed by atoms with Crippen LogP contribution in [0.3, 0.4) is 0 Å². The van der Waals surface area contributed by atoms with E-state index in [0.717, 1.165) is 5.56 Å². The largest absolute Gasteiger partial charge is 0.477 e. The molecule has 0 aliphatic carbocycles. The molecule has 2 aromatic carbocycles. The summed E-state index contributed by atoms with van der Waals surface area (Å²) in [6.45, 7) is 2.08. The molecule has 1 heterocycles. The van der Waals surface area contributed by atoms with Crippen molar-refractivity contribution in [2.24, 2.45) is 4.99 Å². The summed E-state index contributed by atoms with van der Waals surface area (Å²) in [5.74, 6) is 0.567. The second-order valence-electron chi connectivity index (χ2n) is 7.10. The van der Waals surface area contributed by atoms with Crippen LogP contribution in [0.25, 0.3) is 5.70 Å². The van der Waals surface area contributed by atoms with E-state index >= 15 is 0 Å². The van der Waals surface area contributed by atoms with Crippen LogP contribution in [0.4, 0.5) is 5.69 Å². The van der Waals surface area contributed by atoms with Gasteiger partial charge in [-0.2, -0.15) is 5.26 Å². The predicted octanol–water partition coefficient (Wildman–Crippen LogP) is 2.92. The number of fused-ring (bicyclic) bond motifs is 1. The van der Waals surface area contributed by atoms with E-state index in [1.807, 2.05) is 36.5 Å². The molecule has 0 amide bonds. The number of nitrogens with zero attached hydrogens (tertiary/aromatic N) is 3. The fourth-order valence-corrected chi connectivity index (χ4v) is 3.39. The van der Waals surface area contributed by atoms with Crippen molar-refractivity contribution >= 4 is 17.3 Å². The van der Waals surface area contributed by atoms with Gasteiger partial charge in [0.1, 0.15) is 5.75 Å². The van der Waals surface area contributed by atoms with Gasteiger partial charge in [0.15, 0.2) is 11.8 Å². The zero-order chi connectivity index (χ0) is 23.1. The molecule has 1 unspecified atom stereocenters. The SMILES string of the molecule is COC(OC)C1(C)C=C(NC(=NCc2ccccc2)NC#N)c2cc([N+](=O)[O-])ccc2O1. The summed E-state index contributed by atoms with van der Waals surface area (Å²) in [4.78, 5) is 15.3. The Bertz CT molecular complexity index is 1080. The molecule has 0 saturated carbocycles. The standard InChI is InChI=1S/C22H23N5O5/c1-22(20(30-2)31-3)12-18(17-11-16(27(28)29)9-10-19(17)32-22)26-21(25-14-23)24-13-15-7-5-4-6-8-15/h4-12,20H,13H2,1-3H3,(H2,24,25,26). The van der Waals surface area contributed by atoms with Gasteiger partial charge in [0.25, 0.3) is 5.69 Å². The first kappa shape index (κ1) is 22.7. The molecule has 0 saturated heterocycles. The highest BCUT2D eigenvalue weighted by molar-refractivity contribution is 5.92. The van der Waals surface area contributed by atoms with E-state index < -0.39 is 16.8 Å². The van der Waals surface area contributed by atoms with Crippen LogP contribution >= 0.6 is 0 Å². The maximum Gasteiger partial charge on any atom is 0.270 e. The van der Waals surface area contributed by atoms with Crippen molar-refractivity contribution in [1.29, 1.82) is 5.26 Å². The second-order valence-corrected chi connectivity index (χ2v) is 7.10. The fraction of sp³-hybridized carbons (Fsp3) is 0.273. The molecule has 0 spiro atoms. The number of benzene rings is 2. The van der Waals surface area contributed by atoms with E-state index in [0.29, 0.717) is 23.6 Å². The third-order valence-electron chi connectivity index (χ3n) is 4.81. The van der Waals surface area contributed by atoms with Crippen molar-refractivity contribution in [3.05, 3.63) is 75.8 Å². The summed E-state index contributed by atoms with van der Waals surface area (Å²) in [5, 5.41) is 26.1. The van der Waals surface area contributed by atoms with Crippen molar-refractivity contribution < 1.29 is 19.1 Å². The Morgan fingerprint density at radius 3 is 2.62 bits per heavy atom. The normalized spacial score (nSPS) is 17.6. The van der Waals surface area contributed by atoms with Gasteiger partial charge in [0.05, 0.1) is 17.2 Å². The lowest BCUT2D eigenvalue weighted by molar-refractivity contribution is -0.384. The van der Waals surface area contributed by atoms with Gasteiger partial charge in [-0.05, 0) is 24.6 Å². The molecule has 0 fully saturated rings. The highest BCUT2D eigenvalue weighted by Crippen LogP contribution is 2.39. The van der Waals surface area contributed by atoms with Crippen LogP contribution in [0.2, 0.25) is 0 Å². The Morgan fingerprint density at radius 1 is 1.28 bits per heavy atom. The molecule has 0 aromatic heterocycles. The first-order valence-corrected chi connectivity index (χ1v) is 9.67. The third-order valence-corrected chi connectivity index (χ3v) is 4.81. The maximum atomic E-state index is 11.3. The summed E-state index contributed by atoms with van der Waals surface area (Å²) < 4.78 is 16.9. The number of nitro benzene ring substituents is 1. The summed E-state index contributed by atoms with van der Waals surface area (Å²) in [7, 11) is 2.97. The lowest BCUT2D eigenvalue weighted by Gasteiger charge is -2.38. The molecule has 32 heavy (non-hydrogen) atoms. The van der Waals surface area contributed by atoms with Gasteiger partial charge >= 0.3 is 0 Å². The number of hydrogen-bond acceptors (Lipinski definition) is 7. The monoisotopic (exact) mass is 437 g/mol. The zero-order valence-corrected chi connectivity index (χ0v) is 17.9. The van der Waals surface area contributed by atoms with Crippen molar-refractivity contribution in [2.45, 2.75) is 25.4 Å².